The molecule has 0 atom stereocenters. The van der Waals surface area contributed by atoms with Gasteiger partial charge in [-0.1, -0.05) is 15.9 Å². The summed E-state index contributed by atoms with van der Waals surface area (Å²) in [5.74, 6) is -0.332. The van der Waals surface area contributed by atoms with Gasteiger partial charge >= 0.3 is 0 Å². The van der Waals surface area contributed by atoms with E-state index in [2.05, 4.69) is 27.0 Å². The molecule has 0 radical (unpaired) electrons. The lowest BCUT2D eigenvalue weighted by Crippen LogP contribution is -2.06. The third-order valence-corrected chi connectivity index (χ3v) is 4.01. The first-order valence-electron chi connectivity index (χ1n) is 5.05. The molecule has 0 fully saturated rings. The molecule has 18 heavy (non-hydrogen) atoms. The number of halogens is 2. The van der Waals surface area contributed by atoms with E-state index in [4.69, 9.17) is 0 Å². The number of aliphatic imine (C=N–C) groups is 1. The Hall–Kier alpha value is -1.45. The van der Waals surface area contributed by atoms with E-state index in [1.165, 1.54) is 17.4 Å². The molecule has 0 aliphatic heterocycles. The van der Waals surface area contributed by atoms with E-state index in [1.807, 2.05) is 14.1 Å². The highest BCUT2D eigenvalue weighted by Gasteiger charge is 2.16. The molecular weight excluding hydrogens is 317 g/mol. The van der Waals surface area contributed by atoms with Crippen LogP contribution < -0.4 is 0 Å². The maximum absolute atomic E-state index is 13.7. The average molecular weight is 326 g/mol. The molecule has 0 spiro atoms. The summed E-state index contributed by atoms with van der Waals surface area (Å²) in [6.07, 6.45) is 1.59. The van der Waals surface area contributed by atoms with Gasteiger partial charge in [-0.3, -0.25) is 0 Å². The molecule has 92 valence electrons. The van der Waals surface area contributed by atoms with Crippen molar-refractivity contribution in [2.75, 3.05) is 14.1 Å². The van der Waals surface area contributed by atoms with Crippen LogP contribution in [-0.2, 0) is 0 Å². The van der Waals surface area contributed by atoms with Crippen molar-refractivity contribution in [3.63, 3.8) is 0 Å². The molecule has 2 aromatic rings. The van der Waals surface area contributed by atoms with Gasteiger partial charge in [-0.15, -0.1) is 11.3 Å². The normalized spacial score (nSPS) is 11.1. The fourth-order valence-corrected chi connectivity index (χ4v) is 3.17. The lowest BCUT2D eigenvalue weighted by Gasteiger charge is -2.00. The predicted molar refractivity (Wildman–Crippen MR) is 76.0 cm³/mol. The van der Waals surface area contributed by atoms with Gasteiger partial charge in [0.2, 0.25) is 0 Å². The van der Waals surface area contributed by atoms with Crippen LogP contribution in [0.4, 0.5) is 9.39 Å². The number of benzene rings is 1. The Morgan fingerprint density at radius 1 is 1.50 bits per heavy atom. The van der Waals surface area contributed by atoms with Crippen LogP contribution in [0.1, 0.15) is 5.56 Å². The van der Waals surface area contributed by atoms with Crippen LogP contribution in [0, 0.1) is 17.1 Å². The van der Waals surface area contributed by atoms with Crippen molar-refractivity contribution in [2.24, 2.45) is 4.99 Å². The topological polar surface area (TPSA) is 39.4 Å². The molecule has 1 heterocycles. The number of nitrogens with zero attached hydrogens (tertiary/aromatic N) is 3. The molecule has 0 bridgehead atoms. The van der Waals surface area contributed by atoms with Gasteiger partial charge in [-0.25, -0.2) is 9.38 Å². The Bertz CT molecular complexity index is 670. The van der Waals surface area contributed by atoms with Gasteiger partial charge < -0.3 is 4.90 Å². The van der Waals surface area contributed by atoms with Crippen molar-refractivity contribution in [1.29, 1.82) is 5.26 Å². The quantitative estimate of drug-likeness (QED) is 0.620. The Balaban J connectivity index is 2.74. The maximum Gasteiger partial charge on any atom is 0.141 e. The van der Waals surface area contributed by atoms with Crippen LogP contribution in [0.3, 0.4) is 0 Å². The van der Waals surface area contributed by atoms with Crippen LogP contribution in [0.25, 0.3) is 10.1 Å². The highest BCUT2D eigenvalue weighted by molar-refractivity contribution is 9.10. The van der Waals surface area contributed by atoms with Crippen molar-refractivity contribution in [3.05, 3.63) is 28.0 Å². The number of thiophene rings is 1. The molecule has 0 aliphatic carbocycles. The van der Waals surface area contributed by atoms with Crippen molar-refractivity contribution >= 4 is 48.7 Å². The predicted octanol–water partition coefficient (Wildman–Crippen LogP) is 3.90. The maximum atomic E-state index is 13.7. The van der Waals surface area contributed by atoms with Crippen molar-refractivity contribution < 1.29 is 4.39 Å². The second kappa shape index (κ2) is 5.04. The number of fused-ring (bicyclic) bond motifs is 1. The molecule has 0 aliphatic rings. The van der Waals surface area contributed by atoms with Crippen molar-refractivity contribution in [3.8, 4) is 6.07 Å². The van der Waals surface area contributed by atoms with Crippen LogP contribution in [-0.4, -0.2) is 25.3 Å². The van der Waals surface area contributed by atoms with E-state index in [1.54, 1.807) is 17.3 Å². The minimum absolute atomic E-state index is 0.332. The Kier molecular flexibility index (Phi) is 3.64. The third-order valence-electron chi connectivity index (χ3n) is 2.24. The van der Waals surface area contributed by atoms with E-state index in [9.17, 15) is 9.65 Å². The number of nitriles is 1. The monoisotopic (exact) mass is 325 g/mol. The van der Waals surface area contributed by atoms with Crippen molar-refractivity contribution in [2.45, 2.75) is 0 Å². The Morgan fingerprint density at radius 3 is 2.83 bits per heavy atom. The second-order valence-electron chi connectivity index (χ2n) is 3.84. The van der Waals surface area contributed by atoms with Crippen LogP contribution >= 0.6 is 27.3 Å². The summed E-state index contributed by atoms with van der Waals surface area (Å²) >= 11 is 4.52. The number of rotatable bonds is 2. The summed E-state index contributed by atoms with van der Waals surface area (Å²) in [4.78, 5) is 5.97. The van der Waals surface area contributed by atoms with Gasteiger partial charge in [-0.2, -0.15) is 5.26 Å². The van der Waals surface area contributed by atoms with Crippen LogP contribution in [0.15, 0.2) is 21.6 Å². The zero-order chi connectivity index (χ0) is 13.3. The highest BCUT2D eigenvalue weighted by Crippen LogP contribution is 2.41. The fourth-order valence-electron chi connectivity index (χ4n) is 1.48. The molecule has 6 heteroatoms. The molecule has 0 saturated heterocycles. The SMILES string of the molecule is CN(C)C=Nc1sc2c(F)ccc(Br)c2c1C#N. The average Bonchev–Trinajstić information content (AvgIpc) is 2.71. The zero-order valence-corrected chi connectivity index (χ0v) is 12.1. The molecule has 0 N–H and O–H groups in total. The van der Waals surface area contributed by atoms with Gasteiger partial charge in [0, 0.05) is 24.0 Å². The first-order chi connectivity index (χ1) is 8.54. The molecule has 0 amide bonds. The minimum atomic E-state index is -0.332. The molecule has 3 nitrogen and oxygen atoms in total. The summed E-state index contributed by atoms with van der Waals surface area (Å²) in [6, 6.07) is 5.07. The largest absolute Gasteiger partial charge is 0.369 e. The van der Waals surface area contributed by atoms with Crippen LogP contribution in [0.2, 0.25) is 0 Å². The molecule has 2 rings (SSSR count). The Labute approximate surface area is 116 Å². The molecule has 1 aromatic heterocycles. The van der Waals surface area contributed by atoms with Gasteiger partial charge in [0.15, 0.2) is 0 Å². The van der Waals surface area contributed by atoms with Crippen molar-refractivity contribution in [1.82, 2.24) is 4.90 Å². The highest BCUT2D eigenvalue weighted by atomic mass is 79.9. The third kappa shape index (κ3) is 2.24. The summed E-state index contributed by atoms with van der Waals surface area (Å²) in [6.45, 7) is 0. The van der Waals surface area contributed by atoms with E-state index >= 15 is 0 Å². The summed E-state index contributed by atoms with van der Waals surface area (Å²) < 4.78 is 14.9. The standard InChI is InChI=1S/C12H9BrFN3S/c1-17(2)6-16-12-7(5-15)10-8(13)3-4-9(14)11(10)18-12/h3-4,6H,1-2H3. The lowest BCUT2D eigenvalue weighted by molar-refractivity contribution is 0.641. The first kappa shape index (κ1) is 13.0. The van der Waals surface area contributed by atoms with E-state index in [0.29, 0.717) is 25.1 Å². The number of hydrogen-bond acceptors (Lipinski definition) is 3. The van der Waals surface area contributed by atoms with E-state index < -0.39 is 0 Å². The summed E-state index contributed by atoms with van der Waals surface area (Å²) in [5, 5.41) is 10.3. The van der Waals surface area contributed by atoms with E-state index in [-0.39, 0.29) is 5.82 Å². The smallest absolute Gasteiger partial charge is 0.141 e. The molecule has 1 aromatic carbocycles. The van der Waals surface area contributed by atoms with Gasteiger partial charge in [0.05, 0.1) is 16.6 Å². The second-order valence-corrected chi connectivity index (χ2v) is 5.69. The summed E-state index contributed by atoms with van der Waals surface area (Å²) in [7, 11) is 3.67. The van der Waals surface area contributed by atoms with Gasteiger partial charge in [-0.05, 0) is 12.1 Å². The molecule has 0 unspecified atom stereocenters. The van der Waals surface area contributed by atoms with Crippen LogP contribution in [0.5, 0.6) is 0 Å². The fraction of sp³-hybridized carbons (Fsp3) is 0.167. The van der Waals surface area contributed by atoms with Gasteiger partial charge in [0.1, 0.15) is 16.9 Å². The lowest BCUT2D eigenvalue weighted by atomic mass is 10.2. The van der Waals surface area contributed by atoms with E-state index in [0.717, 1.165) is 0 Å². The van der Waals surface area contributed by atoms with Gasteiger partial charge in [0.25, 0.3) is 0 Å². The zero-order valence-electron chi connectivity index (χ0n) is 9.74. The number of hydrogen-bond donors (Lipinski definition) is 0. The molecule has 0 saturated carbocycles. The summed E-state index contributed by atoms with van der Waals surface area (Å²) in [5.41, 5.74) is 0.402. The Morgan fingerprint density at radius 2 is 2.22 bits per heavy atom. The first-order valence-corrected chi connectivity index (χ1v) is 6.66. The molecular formula is C12H9BrFN3S. The minimum Gasteiger partial charge on any atom is -0.369 e.